The van der Waals surface area contributed by atoms with E-state index < -0.39 is 53.0 Å². The van der Waals surface area contributed by atoms with E-state index in [2.05, 4.69) is 6.92 Å². The molecule has 4 saturated carbocycles. The lowest BCUT2D eigenvalue weighted by Crippen LogP contribution is -2.71. The van der Waals surface area contributed by atoms with Gasteiger partial charge in [-0.05, 0) is 59.3 Å². The fourth-order valence-corrected chi connectivity index (χ4v) is 7.06. The van der Waals surface area contributed by atoms with Gasteiger partial charge in [0, 0.05) is 39.9 Å². The predicted molar refractivity (Wildman–Crippen MR) is 139 cm³/mol. The second-order valence-electron chi connectivity index (χ2n) is 11.8. The first-order chi connectivity index (χ1) is 17.2. The first kappa shape index (κ1) is 28.9. The highest BCUT2D eigenvalue weighted by Gasteiger charge is 2.78. The third kappa shape index (κ3) is 4.48. The molecule has 7 nitrogen and oxygen atoms in total. The second-order valence-corrected chi connectivity index (χ2v) is 11.8. The highest BCUT2D eigenvalue weighted by Crippen LogP contribution is 2.73. The smallest absolute Gasteiger partial charge is 0.333 e. The summed E-state index contributed by atoms with van der Waals surface area (Å²) in [5.74, 6) is -2.01. The maximum Gasteiger partial charge on any atom is 0.333 e. The minimum atomic E-state index is -1.10. The number of allylic oxidation sites excluding steroid dienone is 3. The van der Waals surface area contributed by atoms with Crippen molar-refractivity contribution in [2.45, 2.75) is 94.0 Å². The SMILES string of the molecule is C/C=C(/C)C(=O)O[C@@H]1[C@@H](OC(=O)/C(C)=C\C)C(C)(C)[C@H]2[C@@H]3[C@H](C)CC(=O)[C@H]2[C@]3(C)[C@@H]1OC(=O)/C(C)=C\C. The van der Waals surface area contributed by atoms with Crippen LogP contribution < -0.4 is 0 Å². The molecule has 0 spiro atoms. The maximum atomic E-state index is 13.5. The molecule has 4 aliphatic carbocycles. The third-order valence-corrected chi connectivity index (χ3v) is 9.40. The van der Waals surface area contributed by atoms with Crippen LogP contribution in [0.25, 0.3) is 0 Å². The molecule has 8 atom stereocenters. The van der Waals surface area contributed by atoms with Gasteiger partial charge in [-0.2, -0.15) is 0 Å². The van der Waals surface area contributed by atoms with Gasteiger partial charge in [0.25, 0.3) is 0 Å². The Morgan fingerprint density at radius 2 is 1.19 bits per heavy atom. The normalized spacial score (nSPS) is 37.2. The standard InChI is InChI=1S/C30H42O7/c1-11-15(4)26(32)35-23-24(36-27(33)16(5)12-2)29(8,9)22-20-18(7)14-19(31)21(22)30(20,10)25(23)37-28(34)17(6)13-3/h11-13,18,20-25H,14H2,1-10H3/b15-11-,16-12-,17-13-/t18-,20+,21-,22+,23-,24-,25-,30-/m1/s1. The Morgan fingerprint density at radius 1 is 0.757 bits per heavy atom. The molecular formula is C30H42O7. The Balaban J connectivity index is 2.26. The van der Waals surface area contributed by atoms with Crippen molar-refractivity contribution in [3.8, 4) is 0 Å². The van der Waals surface area contributed by atoms with E-state index in [9.17, 15) is 19.2 Å². The molecule has 4 aliphatic rings. The maximum absolute atomic E-state index is 13.5. The van der Waals surface area contributed by atoms with Crippen molar-refractivity contribution in [2.75, 3.05) is 0 Å². The van der Waals surface area contributed by atoms with Crippen molar-refractivity contribution >= 4 is 23.7 Å². The van der Waals surface area contributed by atoms with Crippen LogP contribution >= 0.6 is 0 Å². The third-order valence-electron chi connectivity index (χ3n) is 9.40. The van der Waals surface area contributed by atoms with Gasteiger partial charge < -0.3 is 14.2 Å². The average molecular weight is 515 g/mol. The summed E-state index contributed by atoms with van der Waals surface area (Å²) in [5, 5.41) is 0. The fourth-order valence-electron chi connectivity index (χ4n) is 7.06. The zero-order valence-electron chi connectivity index (χ0n) is 23.8. The van der Waals surface area contributed by atoms with Gasteiger partial charge in [-0.3, -0.25) is 4.79 Å². The van der Waals surface area contributed by atoms with E-state index in [0.717, 1.165) is 0 Å². The molecule has 0 aromatic carbocycles. The van der Waals surface area contributed by atoms with Crippen LogP contribution in [0.2, 0.25) is 0 Å². The molecule has 4 bridgehead atoms. The van der Waals surface area contributed by atoms with E-state index >= 15 is 0 Å². The lowest BCUT2D eigenvalue weighted by molar-refractivity contribution is -0.242. The number of rotatable bonds is 6. The molecule has 0 saturated heterocycles. The number of Topliss-reactive ketones (excluding diaryl/α,β-unsaturated/α-hetero) is 1. The van der Waals surface area contributed by atoms with Crippen molar-refractivity contribution in [1.82, 2.24) is 0 Å². The Bertz CT molecular complexity index is 1080. The van der Waals surface area contributed by atoms with Gasteiger partial charge in [0.2, 0.25) is 0 Å². The van der Waals surface area contributed by atoms with Gasteiger partial charge in [0.1, 0.15) is 18.0 Å². The summed E-state index contributed by atoms with van der Waals surface area (Å²) in [6.45, 7) is 18.1. The van der Waals surface area contributed by atoms with Crippen LogP contribution in [0.15, 0.2) is 34.9 Å². The van der Waals surface area contributed by atoms with Crippen LogP contribution in [0.5, 0.6) is 0 Å². The van der Waals surface area contributed by atoms with Gasteiger partial charge in [-0.1, -0.05) is 45.9 Å². The predicted octanol–water partition coefficient (Wildman–Crippen LogP) is 5.14. The molecule has 0 aliphatic heterocycles. The first-order valence-electron chi connectivity index (χ1n) is 13.2. The molecule has 0 unspecified atom stereocenters. The number of esters is 3. The zero-order chi connectivity index (χ0) is 28.0. The fraction of sp³-hybridized carbons (Fsp3) is 0.667. The molecule has 0 amide bonds. The summed E-state index contributed by atoms with van der Waals surface area (Å²) in [6.07, 6.45) is 2.39. The highest BCUT2D eigenvalue weighted by molar-refractivity contribution is 5.90. The first-order valence-corrected chi connectivity index (χ1v) is 13.2. The largest absolute Gasteiger partial charge is 0.454 e. The second kappa shape index (κ2) is 10.2. The number of hydrogen-bond donors (Lipinski definition) is 0. The molecule has 0 N–H and O–H groups in total. The Hall–Kier alpha value is -2.70. The number of carbonyl (C=O) groups excluding carboxylic acids is 4. The lowest BCUT2D eigenvalue weighted by Gasteiger charge is -2.68. The van der Waals surface area contributed by atoms with E-state index in [1.807, 2.05) is 20.8 Å². The molecule has 4 fully saturated rings. The summed E-state index contributed by atoms with van der Waals surface area (Å²) in [4.78, 5) is 52.9. The summed E-state index contributed by atoms with van der Waals surface area (Å²) in [6, 6.07) is 0. The molecule has 0 aromatic rings. The molecule has 7 heteroatoms. The van der Waals surface area contributed by atoms with Gasteiger partial charge in [-0.25, -0.2) is 14.4 Å². The van der Waals surface area contributed by atoms with E-state index in [1.165, 1.54) is 0 Å². The zero-order valence-corrected chi connectivity index (χ0v) is 23.8. The summed E-state index contributed by atoms with van der Waals surface area (Å²) in [7, 11) is 0. The monoisotopic (exact) mass is 514 g/mol. The van der Waals surface area contributed by atoms with Gasteiger partial charge in [-0.15, -0.1) is 0 Å². The molecular weight excluding hydrogens is 472 g/mol. The number of fused-ring (bicyclic) bond motifs is 3. The van der Waals surface area contributed by atoms with Crippen LogP contribution in [-0.2, 0) is 33.4 Å². The number of carbonyl (C=O) groups is 4. The topological polar surface area (TPSA) is 96.0 Å². The van der Waals surface area contributed by atoms with E-state index in [1.54, 1.807) is 59.8 Å². The van der Waals surface area contributed by atoms with E-state index in [4.69, 9.17) is 14.2 Å². The van der Waals surface area contributed by atoms with E-state index in [0.29, 0.717) is 23.1 Å². The van der Waals surface area contributed by atoms with Crippen molar-refractivity contribution in [1.29, 1.82) is 0 Å². The van der Waals surface area contributed by atoms with Crippen LogP contribution in [0.4, 0.5) is 0 Å². The molecule has 0 aromatic heterocycles. The summed E-state index contributed by atoms with van der Waals surface area (Å²) in [5.41, 5.74) is -0.314. The van der Waals surface area contributed by atoms with Crippen LogP contribution in [0.3, 0.4) is 0 Å². The molecule has 37 heavy (non-hydrogen) atoms. The number of ketones is 1. The number of hydrogen-bond acceptors (Lipinski definition) is 7. The van der Waals surface area contributed by atoms with Crippen molar-refractivity contribution in [3.05, 3.63) is 34.9 Å². The van der Waals surface area contributed by atoms with Gasteiger partial charge in [0.05, 0.1) is 0 Å². The Morgan fingerprint density at radius 3 is 1.62 bits per heavy atom. The summed E-state index contributed by atoms with van der Waals surface area (Å²) < 4.78 is 18.4. The Labute approximate surface area is 220 Å². The van der Waals surface area contributed by atoms with E-state index in [-0.39, 0.29) is 23.5 Å². The average Bonchev–Trinajstić information content (AvgIpc) is 2.93. The van der Waals surface area contributed by atoms with Crippen LogP contribution in [0.1, 0.15) is 75.7 Å². The Kier molecular flexibility index (Phi) is 7.97. The molecule has 204 valence electrons. The molecule has 4 rings (SSSR count). The number of ether oxygens (including phenoxy) is 3. The van der Waals surface area contributed by atoms with Crippen molar-refractivity contribution in [2.24, 2.45) is 34.5 Å². The van der Waals surface area contributed by atoms with Crippen LogP contribution in [-0.4, -0.2) is 42.0 Å². The van der Waals surface area contributed by atoms with Gasteiger partial charge >= 0.3 is 17.9 Å². The summed E-state index contributed by atoms with van der Waals surface area (Å²) >= 11 is 0. The minimum Gasteiger partial charge on any atom is -0.454 e. The molecule has 0 heterocycles. The van der Waals surface area contributed by atoms with Crippen molar-refractivity contribution < 1.29 is 33.4 Å². The molecule has 0 radical (unpaired) electrons. The quantitative estimate of drug-likeness (QED) is 0.275. The minimum absolute atomic E-state index is 0.0180. The van der Waals surface area contributed by atoms with Gasteiger partial charge in [0.15, 0.2) is 6.10 Å². The van der Waals surface area contributed by atoms with Crippen molar-refractivity contribution in [3.63, 3.8) is 0 Å². The lowest BCUT2D eigenvalue weighted by atomic mass is 9.35. The highest BCUT2D eigenvalue weighted by atomic mass is 16.6. The van der Waals surface area contributed by atoms with Crippen LogP contribution in [0, 0.1) is 34.5 Å².